The van der Waals surface area contributed by atoms with Crippen LogP contribution >= 0.6 is 11.6 Å². The number of nitrogens with one attached hydrogen (secondary N) is 2. The summed E-state index contributed by atoms with van der Waals surface area (Å²) < 4.78 is 0. The summed E-state index contributed by atoms with van der Waals surface area (Å²) in [4.78, 5) is 31.1. The lowest BCUT2D eigenvalue weighted by atomic mass is 10.0. The fraction of sp³-hybridized carbons (Fsp3) is 0.0476. The first kappa shape index (κ1) is 17.4. The van der Waals surface area contributed by atoms with Crippen molar-refractivity contribution in [3.63, 3.8) is 0 Å². The van der Waals surface area contributed by atoms with Gasteiger partial charge in [0.15, 0.2) is 5.82 Å². The van der Waals surface area contributed by atoms with E-state index >= 15 is 0 Å². The minimum Gasteiger partial charge on any atom is -0.337 e. The highest BCUT2D eigenvalue weighted by molar-refractivity contribution is 6.40. The number of hydrogen-bond acceptors (Lipinski definition) is 5. The molecule has 3 heterocycles. The smallest absolute Gasteiger partial charge is 0.266 e. The molecular formula is C21H14ClN5O2. The van der Waals surface area contributed by atoms with Crippen LogP contribution in [-0.4, -0.2) is 27.0 Å². The highest BCUT2D eigenvalue weighted by atomic mass is 35.5. The standard InChI is InChI=1S/C21H14ClN5O2/c1-11-4-2-5-13-17(11)21(29)27(20(13)28)16-8-7-12(10-14(16)22)24-19-18-15(25-26-19)6-3-9-23-18/h2-10H,1H3,(H2,24,25,26). The summed E-state index contributed by atoms with van der Waals surface area (Å²) in [6.07, 6.45) is 1.68. The molecule has 7 nitrogen and oxygen atoms in total. The number of aromatic nitrogens is 3. The van der Waals surface area contributed by atoms with Crippen LogP contribution in [0.2, 0.25) is 5.02 Å². The first-order valence-corrected chi connectivity index (χ1v) is 9.26. The van der Waals surface area contributed by atoms with E-state index in [1.165, 1.54) is 0 Å². The highest BCUT2D eigenvalue weighted by Gasteiger charge is 2.38. The van der Waals surface area contributed by atoms with Crippen molar-refractivity contribution in [1.29, 1.82) is 0 Å². The van der Waals surface area contributed by atoms with E-state index < -0.39 is 0 Å². The van der Waals surface area contributed by atoms with E-state index in [-0.39, 0.29) is 16.8 Å². The molecule has 142 valence electrons. The Morgan fingerprint density at radius 2 is 1.93 bits per heavy atom. The molecule has 5 rings (SSSR count). The van der Waals surface area contributed by atoms with Gasteiger partial charge in [-0.2, -0.15) is 5.10 Å². The number of pyridine rings is 1. The maximum absolute atomic E-state index is 12.9. The second-order valence-electron chi connectivity index (χ2n) is 6.71. The molecule has 2 aromatic carbocycles. The summed E-state index contributed by atoms with van der Waals surface area (Å²) in [7, 11) is 0. The second-order valence-corrected chi connectivity index (χ2v) is 7.11. The molecule has 0 spiro atoms. The molecule has 0 unspecified atom stereocenters. The largest absolute Gasteiger partial charge is 0.337 e. The van der Waals surface area contributed by atoms with Crippen LogP contribution in [0.15, 0.2) is 54.7 Å². The van der Waals surface area contributed by atoms with Gasteiger partial charge in [0.05, 0.1) is 27.4 Å². The predicted molar refractivity (Wildman–Crippen MR) is 111 cm³/mol. The van der Waals surface area contributed by atoms with Gasteiger partial charge in [0.2, 0.25) is 0 Å². The van der Waals surface area contributed by atoms with Crippen LogP contribution in [0, 0.1) is 6.92 Å². The van der Waals surface area contributed by atoms with Crippen LogP contribution < -0.4 is 10.2 Å². The van der Waals surface area contributed by atoms with Crippen LogP contribution in [0.4, 0.5) is 17.2 Å². The van der Waals surface area contributed by atoms with Crippen LogP contribution in [0.3, 0.4) is 0 Å². The second kappa shape index (κ2) is 6.42. The molecule has 0 bridgehead atoms. The van der Waals surface area contributed by atoms with Gasteiger partial charge in [-0.25, -0.2) is 4.90 Å². The van der Waals surface area contributed by atoms with Gasteiger partial charge in [-0.05, 0) is 48.9 Å². The highest BCUT2D eigenvalue weighted by Crippen LogP contribution is 2.36. The van der Waals surface area contributed by atoms with Crippen molar-refractivity contribution in [3.05, 3.63) is 76.4 Å². The van der Waals surface area contributed by atoms with Crippen molar-refractivity contribution in [1.82, 2.24) is 15.2 Å². The molecule has 4 aromatic rings. The number of benzene rings is 2. The van der Waals surface area contributed by atoms with E-state index in [4.69, 9.17) is 11.6 Å². The number of amides is 2. The molecule has 0 saturated carbocycles. The number of hydrogen-bond donors (Lipinski definition) is 2. The first-order valence-electron chi connectivity index (χ1n) is 8.88. The van der Waals surface area contributed by atoms with Crippen LogP contribution in [0.5, 0.6) is 0 Å². The molecule has 1 aliphatic heterocycles. The van der Waals surface area contributed by atoms with E-state index in [9.17, 15) is 9.59 Å². The van der Waals surface area contributed by atoms with Crippen molar-refractivity contribution in [2.45, 2.75) is 6.92 Å². The SMILES string of the molecule is Cc1cccc2c1C(=O)N(c1ccc(Nc3n[nH]c4cccnc34)cc1Cl)C2=O. The number of aryl methyl sites for hydroxylation is 1. The maximum atomic E-state index is 12.9. The molecule has 8 heteroatoms. The molecule has 29 heavy (non-hydrogen) atoms. The first-order chi connectivity index (χ1) is 14.0. The van der Waals surface area contributed by atoms with Crippen molar-refractivity contribution in [2.24, 2.45) is 0 Å². The van der Waals surface area contributed by atoms with Crippen LogP contribution in [0.25, 0.3) is 11.0 Å². The van der Waals surface area contributed by atoms with Crippen LogP contribution in [-0.2, 0) is 0 Å². The molecular weight excluding hydrogens is 390 g/mol. The number of halogens is 1. The Labute approximate surface area is 170 Å². The number of rotatable bonds is 3. The lowest BCUT2D eigenvalue weighted by molar-refractivity contribution is 0.0926. The third kappa shape index (κ3) is 2.67. The molecule has 0 fully saturated rings. The quantitative estimate of drug-likeness (QED) is 0.493. The number of aromatic amines is 1. The van der Waals surface area contributed by atoms with Gasteiger partial charge in [0.25, 0.3) is 11.8 Å². The number of anilines is 3. The van der Waals surface area contributed by atoms with Gasteiger partial charge in [0.1, 0.15) is 5.52 Å². The van der Waals surface area contributed by atoms with Crippen LogP contribution in [0.1, 0.15) is 26.3 Å². The molecule has 0 atom stereocenters. The Kier molecular flexibility index (Phi) is 3.85. The van der Waals surface area contributed by atoms with Gasteiger partial charge < -0.3 is 5.32 Å². The van der Waals surface area contributed by atoms with Gasteiger partial charge in [-0.3, -0.25) is 19.7 Å². The Bertz CT molecular complexity index is 1310. The van der Waals surface area contributed by atoms with Crippen molar-refractivity contribution >= 4 is 51.6 Å². The minimum absolute atomic E-state index is 0.273. The third-order valence-corrected chi connectivity index (χ3v) is 5.20. The summed E-state index contributed by atoms with van der Waals surface area (Å²) in [5, 5.41) is 10.6. The minimum atomic E-state index is -0.376. The lowest BCUT2D eigenvalue weighted by Crippen LogP contribution is -2.29. The molecule has 2 amide bonds. The fourth-order valence-corrected chi connectivity index (χ4v) is 3.78. The topological polar surface area (TPSA) is 91.0 Å². The molecule has 2 N–H and O–H groups in total. The van der Waals surface area contributed by atoms with E-state index in [0.717, 1.165) is 16.0 Å². The molecule has 0 saturated heterocycles. The lowest BCUT2D eigenvalue weighted by Gasteiger charge is -2.16. The number of carbonyl (C=O) groups excluding carboxylic acids is 2. The number of nitrogens with zero attached hydrogens (tertiary/aromatic N) is 3. The molecule has 0 aliphatic carbocycles. The van der Waals surface area contributed by atoms with E-state index in [0.29, 0.717) is 33.8 Å². The maximum Gasteiger partial charge on any atom is 0.266 e. The Balaban J connectivity index is 1.49. The zero-order valence-electron chi connectivity index (χ0n) is 15.2. The number of H-pyrrole nitrogens is 1. The van der Waals surface area contributed by atoms with E-state index in [1.807, 2.05) is 25.1 Å². The monoisotopic (exact) mass is 403 g/mol. The summed E-state index contributed by atoms with van der Waals surface area (Å²) in [6, 6.07) is 14.0. The average Bonchev–Trinajstić information content (AvgIpc) is 3.23. The van der Waals surface area contributed by atoms with E-state index in [2.05, 4.69) is 20.5 Å². The van der Waals surface area contributed by atoms with Gasteiger partial charge in [-0.1, -0.05) is 23.7 Å². The summed E-state index contributed by atoms with van der Waals surface area (Å²) in [6.45, 7) is 1.81. The Morgan fingerprint density at radius 3 is 2.72 bits per heavy atom. The normalized spacial score (nSPS) is 13.2. The summed E-state index contributed by atoms with van der Waals surface area (Å²) in [5.74, 6) is -0.187. The summed E-state index contributed by atoms with van der Waals surface area (Å²) >= 11 is 6.45. The van der Waals surface area contributed by atoms with Gasteiger partial charge >= 0.3 is 0 Å². The fourth-order valence-electron chi connectivity index (χ4n) is 3.52. The average molecular weight is 404 g/mol. The number of carbonyl (C=O) groups is 2. The number of fused-ring (bicyclic) bond motifs is 2. The van der Waals surface area contributed by atoms with E-state index in [1.54, 1.807) is 36.5 Å². The number of imide groups is 1. The van der Waals surface area contributed by atoms with Gasteiger partial charge in [-0.15, -0.1) is 0 Å². The Hall–Kier alpha value is -3.71. The van der Waals surface area contributed by atoms with Gasteiger partial charge in [0, 0.05) is 11.9 Å². The van der Waals surface area contributed by atoms with Crippen molar-refractivity contribution in [2.75, 3.05) is 10.2 Å². The van der Waals surface area contributed by atoms with Crippen molar-refractivity contribution < 1.29 is 9.59 Å². The summed E-state index contributed by atoms with van der Waals surface area (Å²) in [5.41, 5.74) is 4.07. The molecule has 2 aromatic heterocycles. The molecule has 1 aliphatic rings. The van der Waals surface area contributed by atoms with Crippen molar-refractivity contribution in [3.8, 4) is 0 Å². The third-order valence-electron chi connectivity index (χ3n) is 4.89. The Morgan fingerprint density at radius 1 is 1.07 bits per heavy atom. The predicted octanol–water partition coefficient (Wildman–Crippen LogP) is 4.46. The zero-order valence-corrected chi connectivity index (χ0v) is 16.0. The molecule has 0 radical (unpaired) electrons. The zero-order chi connectivity index (χ0) is 20.1.